The van der Waals surface area contributed by atoms with Gasteiger partial charge < -0.3 is 10.6 Å². The summed E-state index contributed by atoms with van der Waals surface area (Å²) < 4.78 is 12.9. The maximum absolute atomic E-state index is 12.9. The lowest BCUT2D eigenvalue weighted by Gasteiger charge is -2.08. The van der Waals surface area contributed by atoms with Crippen LogP contribution in [0.15, 0.2) is 60.7 Å². The highest BCUT2D eigenvalue weighted by atomic mass is 19.1. The Balaban J connectivity index is 1.61. The SMILES string of the molecule is N#Cc1ccccc1Nc1ccc(NC(=O)Cc2ccc(F)cc2)nn1. The predicted octanol–water partition coefficient (Wildman–Crippen LogP) is 3.41. The number of halogens is 1. The van der Waals surface area contributed by atoms with Crippen molar-refractivity contribution >= 4 is 23.2 Å². The lowest BCUT2D eigenvalue weighted by Crippen LogP contribution is -2.15. The van der Waals surface area contributed by atoms with E-state index >= 15 is 0 Å². The summed E-state index contributed by atoms with van der Waals surface area (Å²) in [6.45, 7) is 0. The number of hydrogen-bond donors (Lipinski definition) is 2. The second-order valence-electron chi connectivity index (χ2n) is 5.44. The van der Waals surface area contributed by atoms with Gasteiger partial charge in [-0.15, -0.1) is 10.2 Å². The average Bonchev–Trinajstić information content (AvgIpc) is 2.65. The Hall–Kier alpha value is -3.79. The molecule has 1 aromatic heterocycles. The number of carbonyl (C=O) groups excluding carboxylic acids is 1. The van der Waals surface area contributed by atoms with Crippen molar-refractivity contribution in [2.24, 2.45) is 0 Å². The summed E-state index contributed by atoms with van der Waals surface area (Å²) >= 11 is 0. The molecule has 0 atom stereocenters. The number of anilines is 3. The highest BCUT2D eigenvalue weighted by molar-refractivity contribution is 5.91. The lowest BCUT2D eigenvalue weighted by atomic mass is 10.1. The monoisotopic (exact) mass is 347 g/mol. The predicted molar refractivity (Wildman–Crippen MR) is 95.2 cm³/mol. The van der Waals surface area contributed by atoms with Crippen molar-refractivity contribution in [2.75, 3.05) is 10.6 Å². The Morgan fingerprint density at radius 3 is 2.38 bits per heavy atom. The number of hydrogen-bond acceptors (Lipinski definition) is 5. The minimum atomic E-state index is -0.346. The quantitative estimate of drug-likeness (QED) is 0.738. The fourth-order valence-corrected chi connectivity index (χ4v) is 2.27. The van der Waals surface area contributed by atoms with E-state index in [4.69, 9.17) is 5.26 Å². The first-order valence-electron chi connectivity index (χ1n) is 7.78. The fourth-order valence-electron chi connectivity index (χ4n) is 2.27. The number of nitrogens with one attached hydrogen (secondary N) is 2. The van der Waals surface area contributed by atoms with Gasteiger partial charge in [0.25, 0.3) is 0 Å². The average molecular weight is 347 g/mol. The third-order valence-corrected chi connectivity index (χ3v) is 3.52. The molecule has 0 aliphatic rings. The number of amides is 1. The van der Waals surface area contributed by atoms with Gasteiger partial charge >= 0.3 is 0 Å². The van der Waals surface area contributed by atoms with E-state index in [1.807, 2.05) is 0 Å². The van der Waals surface area contributed by atoms with Crippen molar-refractivity contribution in [2.45, 2.75) is 6.42 Å². The summed E-state index contributed by atoms with van der Waals surface area (Å²) in [5.74, 6) is 0.128. The van der Waals surface area contributed by atoms with E-state index in [-0.39, 0.29) is 18.1 Å². The molecule has 3 rings (SSSR count). The highest BCUT2D eigenvalue weighted by Crippen LogP contribution is 2.18. The van der Waals surface area contributed by atoms with Crippen molar-refractivity contribution in [3.63, 3.8) is 0 Å². The summed E-state index contributed by atoms with van der Waals surface area (Å²) in [6, 6.07) is 18.1. The third-order valence-electron chi connectivity index (χ3n) is 3.52. The molecule has 0 bridgehead atoms. The molecular weight excluding hydrogens is 333 g/mol. The molecule has 0 saturated carbocycles. The maximum Gasteiger partial charge on any atom is 0.229 e. The molecule has 3 aromatic rings. The van der Waals surface area contributed by atoms with Crippen molar-refractivity contribution in [1.29, 1.82) is 5.26 Å². The van der Waals surface area contributed by atoms with E-state index in [0.29, 0.717) is 28.5 Å². The summed E-state index contributed by atoms with van der Waals surface area (Å²) in [4.78, 5) is 12.0. The van der Waals surface area contributed by atoms with E-state index < -0.39 is 0 Å². The number of nitrogens with zero attached hydrogens (tertiary/aromatic N) is 3. The first-order chi connectivity index (χ1) is 12.6. The second-order valence-corrected chi connectivity index (χ2v) is 5.44. The molecular formula is C19H14FN5O. The standard InChI is InChI=1S/C19H14FN5O/c20-15-7-5-13(6-8-15)11-19(26)23-18-10-9-17(24-25-18)22-16-4-2-1-3-14(16)12-21/h1-10H,11H2,(H,22,24)(H,23,25,26). The lowest BCUT2D eigenvalue weighted by molar-refractivity contribution is -0.115. The molecule has 1 amide bonds. The van der Waals surface area contributed by atoms with Gasteiger partial charge in [-0.3, -0.25) is 4.79 Å². The first kappa shape index (κ1) is 17.0. The van der Waals surface area contributed by atoms with E-state index in [2.05, 4.69) is 26.9 Å². The van der Waals surface area contributed by atoms with Crippen molar-refractivity contribution in [3.8, 4) is 6.07 Å². The minimum Gasteiger partial charge on any atom is -0.338 e. The van der Waals surface area contributed by atoms with Crippen LogP contribution in [-0.2, 0) is 11.2 Å². The summed E-state index contributed by atoms with van der Waals surface area (Å²) in [7, 11) is 0. The van der Waals surface area contributed by atoms with Gasteiger partial charge in [0.2, 0.25) is 5.91 Å². The molecule has 2 N–H and O–H groups in total. The number of nitriles is 1. The van der Waals surface area contributed by atoms with Crippen LogP contribution in [0.5, 0.6) is 0 Å². The molecule has 0 spiro atoms. The first-order valence-corrected chi connectivity index (χ1v) is 7.78. The van der Waals surface area contributed by atoms with Gasteiger partial charge in [0, 0.05) is 0 Å². The van der Waals surface area contributed by atoms with Crippen LogP contribution in [0.2, 0.25) is 0 Å². The fraction of sp³-hybridized carbons (Fsp3) is 0.0526. The normalized spacial score (nSPS) is 10.0. The van der Waals surface area contributed by atoms with Crippen LogP contribution >= 0.6 is 0 Å². The Labute approximate surface area is 149 Å². The Kier molecular flexibility index (Phi) is 5.15. The van der Waals surface area contributed by atoms with Crippen LogP contribution in [-0.4, -0.2) is 16.1 Å². The Morgan fingerprint density at radius 2 is 1.69 bits per heavy atom. The smallest absolute Gasteiger partial charge is 0.229 e. The van der Waals surface area contributed by atoms with Gasteiger partial charge in [-0.1, -0.05) is 24.3 Å². The molecule has 1 heterocycles. The molecule has 0 radical (unpaired) electrons. The Bertz CT molecular complexity index is 949. The maximum atomic E-state index is 12.9. The minimum absolute atomic E-state index is 0.109. The zero-order valence-electron chi connectivity index (χ0n) is 13.6. The summed E-state index contributed by atoms with van der Waals surface area (Å²) in [5, 5.41) is 22.6. The van der Waals surface area contributed by atoms with Gasteiger partial charge in [-0.2, -0.15) is 5.26 Å². The molecule has 6 nitrogen and oxygen atoms in total. The van der Waals surface area contributed by atoms with Crippen LogP contribution in [0, 0.1) is 17.1 Å². The van der Waals surface area contributed by atoms with E-state index in [1.54, 1.807) is 48.5 Å². The molecule has 0 unspecified atom stereocenters. The highest BCUT2D eigenvalue weighted by Gasteiger charge is 2.07. The third kappa shape index (κ3) is 4.39. The van der Waals surface area contributed by atoms with Crippen molar-refractivity contribution < 1.29 is 9.18 Å². The summed E-state index contributed by atoms with van der Waals surface area (Å²) in [6.07, 6.45) is 0.109. The van der Waals surface area contributed by atoms with Crippen LogP contribution in [0.3, 0.4) is 0 Å². The topological polar surface area (TPSA) is 90.7 Å². The summed E-state index contributed by atoms with van der Waals surface area (Å²) in [5.41, 5.74) is 1.81. The molecule has 26 heavy (non-hydrogen) atoms. The number of carbonyl (C=O) groups is 1. The molecule has 0 fully saturated rings. The molecule has 128 valence electrons. The van der Waals surface area contributed by atoms with E-state index in [9.17, 15) is 9.18 Å². The second kappa shape index (κ2) is 7.85. The van der Waals surface area contributed by atoms with Gasteiger partial charge in [0.05, 0.1) is 17.7 Å². The number of rotatable bonds is 5. The molecule has 0 aliphatic carbocycles. The molecule has 2 aromatic carbocycles. The number of para-hydroxylation sites is 1. The van der Waals surface area contributed by atoms with Crippen LogP contribution < -0.4 is 10.6 Å². The molecule has 7 heteroatoms. The van der Waals surface area contributed by atoms with Gasteiger partial charge in [-0.25, -0.2) is 4.39 Å². The largest absolute Gasteiger partial charge is 0.338 e. The van der Waals surface area contributed by atoms with Gasteiger partial charge in [0.15, 0.2) is 11.6 Å². The number of aromatic nitrogens is 2. The zero-order valence-corrected chi connectivity index (χ0v) is 13.6. The molecule has 0 aliphatic heterocycles. The van der Waals surface area contributed by atoms with E-state index in [1.165, 1.54) is 12.1 Å². The van der Waals surface area contributed by atoms with Gasteiger partial charge in [-0.05, 0) is 42.0 Å². The zero-order chi connectivity index (χ0) is 18.4. The van der Waals surface area contributed by atoms with Crippen LogP contribution in [0.25, 0.3) is 0 Å². The van der Waals surface area contributed by atoms with Crippen LogP contribution in [0.4, 0.5) is 21.7 Å². The van der Waals surface area contributed by atoms with Crippen molar-refractivity contribution in [1.82, 2.24) is 10.2 Å². The Morgan fingerprint density at radius 1 is 1.00 bits per heavy atom. The van der Waals surface area contributed by atoms with Crippen LogP contribution in [0.1, 0.15) is 11.1 Å². The molecule has 0 saturated heterocycles. The van der Waals surface area contributed by atoms with E-state index in [0.717, 1.165) is 0 Å². The van der Waals surface area contributed by atoms with Gasteiger partial charge in [0.1, 0.15) is 11.9 Å². The number of benzene rings is 2. The van der Waals surface area contributed by atoms with Crippen molar-refractivity contribution in [3.05, 3.63) is 77.6 Å².